The van der Waals surface area contributed by atoms with Gasteiger partial charge in [0.1, 0.15) is 0 Å². The van der Waals surface area contributed by atoms with E-state index in [2.05, 4.69) is 16.0 Å². The van der Waals surface area contributed by atoms with Gasteiger partial charge in [-0.1, -0.05) is 11.6 Å². The van der Waals surface area contributed by atoms with Gasteiger partial charge in [-0.3, -0.25) is 9.59 Å². The summed E-state index contributed by atoms with van der Waals surface area (Å²) in [5, 5.41) is 8.67. The van der Waals surface area contributed by atoms with Gasteiger partial charge >= 0.3 is 0 Å². The minimum Gasteiger partial charge on any atom is -0.355 e. The normalized spacial score (nSPS) is 11.1. The molecule has 6 heteroatoms. The van der Waals surface area contributed by atoms with Crippen LogP contribution in [0.15, 0.2) is 18.2 Å². The van der Waals surface area contributed by atoms with Crippen molar-refractivity contribution in [3.05, 3.63) is 28.8 Å². The summed E-state index contributed by atoms with van der Waals surface area (Å²) >= 11 is 6.01. The summed E-state index contributed by atoms with van der Waals surface area (Å²) in [6.45, 7) is 6.09. The van der Waals surface area contributed by atoms with E-state index in [0.29, 0.717) is 16.3 Å². The highest BCUT2D eigenvalue weighted by molar-refractivity contribution is 6.33. The van der Waals surface area contributed by atoms with E-state index in [0.717, 1.165) is 0 Å². The van der Waals surface area contributed by atoms with Crippen LogP contribution >= 0.6 is 11.6 Å². The fourth-order valence-corrected chi connectivity index (χ4v) is 1.61. The monoisotopic (exact) mass is 297 g/mol. The number of nitrogens with one attached hydrogen (secondary N) is 3. The summed E-state index contributed by atoms with van der Waals surface area (Å²) in [5.41, 5.74) is 0.717. The Kier molecular flexibility index (Phi) is 5.53. The molecule has 0 saturated carbocycles. The number of hydrogen-bond acceptors (Lipinski definition) is 3. The lowest BCUT2D eigenvalue weighted by atomic mass is 10.1. The Hall–Kier alpha value is -1.59. The largest absolute Gasteiger partial charge is 0.355 e. The minimum atomic E-state index is -0.231. The van der Waals surface area contributed by atoms with Gasteiger partial charge in [-0.25, -0.2) is 0 Å². The van der Waals surface area contributed by atoms with Crippen LogP contribution in [0.5, 0.6) is 0 Å². The number of hydrogen-bond donors (Lipinski definition) is 3. The Morgan fingerprint density at radius 1 is 1.25 bits per heavy atom. The van der Waals surface area contributed by atoms with E-state index < -0.39 is 0 Å². The van der Waals surface area contributed by atoms with Crippen LogP contribution in [0, 0.1) is 0 Å². The first-order valence-corrected chi connectivity index (χ1v) is 6.67. The van der Waals surface area contributed by atoms with Gasteiger partial charge in [0.15, 0.2) is 0 Å². The highest BCUT2D eigenvalue weighted by Crippen LogP contribution is 2.23. The summed E-state index contributed by atoms with van der Waals surface area (Å²) in [7, 11) is 1.54. The molecule has 0 unspecified atom stereocenters. The predicted octanol–water partition coefficient (Wildman–Crippen LogP) is 2.03. The molecule has 0 saturated heterocycles. The first-order valence-electron chi connectivity index (χ1n) is 6.29. The van der Waals surface area contributed by atoms with E-state index >= 15 is 0 Å². The zero-order valence-electron chi connectivity index (χ0n) is 12.1. The number of benzene rings is 1. The average molecular weight is 298 g/mol. The second kappa shape index (κ2) is 6.72. The van der Waals surface area contributed by atoms with E-state index in [1.54, 1.807) is 25.2 Å². The van der Waals surface area contributed by atoms with Crippen LogP contribution in [0.25, 0.3) is 0 Å². The number of carbonyl (C=O) groups excluding carboxylic acids is 2. The Bertz CT molecular complexity index is 510. The Morgan fingerprint density at radius 2 is 1.90 bits per heavy atom. The summed E-state index contributed by atoms with van der Waals surface area (Å²) in [6.07, 6.45) is 0. The molecule has 0 radical (unpaired) electrons. The van der Waals surface area contributed by atoms with Crippen LogP contribution in [-0.4, -0.2) is 30.9 Å². The number of rotatable bonds is 4. The van der Waals surface area contributed by atoms with E-state index in [1.807, 2.05) is 20.8 Å². The van der Waals surface area contributed by atoms with Gasteiger partial charge in [-0.05, 0) is 39.0 Å². The van der Waals surface area contributed by atoms with Crippen molar-refractivity contribution in [1.82, 2.24) is 10.6 Å². The summed E-state index contributed by atoms with van der Waals surface area (Å²) in [4.78, 5) is 23.4. The number of carbonyl (C=O) groups is 2. The first-order chi connectivity index (χ1) is 9.23. The molecule has 0 spiro atoms. The molecule has 0 aromatic heterocycles. The van der Waals surface area contributed by atoms with Gasteiger partial charge in [0.2, 0.25) is 5.91 Å². The third kappa shape index (κ3) is 5.19. The van der Waals surface area contributed by atoms with Crippen molar-refractivity contribution in [2.45, 2.75) is 26.3 Å². The molecular formula is C14H20ClN3O2. The molecule has 0 atom stereocenters. The molecule has 20 heavy (non-hydrogen) atoms. The highest BCUT2D eigenvalue weighted by Gasteiger charge is 2.13. The zero-order chi connectivity index (χ0) is 15.3. The number of anilines is 1. The lowest BCUT2D eigenvalue weighted by molar-refractivity contribution is -0.115. The molecule has 0 aliphatic carbocycles. The van der Waals surface area contributed by atoms with Crippen LogP contribution in [0.2, 0.25) is 5.02 Å². The molecule has 110 valence electrons. The fraction of sp³-hybridized carbons (Fsp3) is 0.429. The third-order valence-corrected chi connectivity index (χ3v) is 2.84. The maximum absolute atomic E-state index is 11.8. The maximum atomic E-state index is 11.8. The lowest BCUT2D eigenvalue weighted by Gasteiger charge is -2.20. The zero-order valence-corrected chi connectivity index (χ0v) is 12.9. The first kappa shape index (κ1) is 16.5. The van der Waals surface area contributed by atoms with E-state index in [1.165, 1.54) is 0 Å². The SMILES string of the molecule is CNC(=O)c1ccc(Cl)c(NC(=O)CNC(C)(C)C)c1. The summed E-state index contributed by atoms with van der Waals surface area (Å²) < 4.78 is 0. The second-order valence-electron chi connectivity index (χ2n) is 5.43. The fourth-order valence-electron chi connectivity index (χ4n) is 1.45. The van der Waals surface area contributed by atoms with Crippen molar-refractivity contribution in [3.8, 4) is 0 Å². The Labute approximate surface area is 124 Å². The highest BCUT2D eigenvalue weighted by atomic mass is 35.5. The van der Waals surface area contributed by atoms with Gasteiger partial charge in [0, 0.05) is 18.2 Å². The van der Waals surface area contributed by atoms with Crippen LogP contribution in [0.3, 0.4) is 0 Å². The smallest absolute Gasteiger partial charge is 0.251 e. The summed E-state index contributed by atoms with van der Waals surface area (Å²) in [5.74, 6) is -0.444. The predicted molar refractivity (Wildman–Crippen MR) is 81.2 cm³/mol. The van der Waals surface area contributed by atoms with Crippen LogP contribution < -0.4 is 16.0 Å². The third-order valence-electron chi connectivity index (χ3n) is 2.51. The van der Waals surface area contributed by atoms with E-state index in [9.17, 15) is 9.59 Å². The van der Waals surface area contributed by atoms with Crippen LogP contribution in [0.4, 0.5) is 5.69 Å². The van der Waals surface area contributed by atoms with Crippen molar-refractivity contribution >= 4 is 29.1 Å². The number of halogens is 1. The van der Waals surface area contributed by atoms with E-state index in [4.69, 9.17) is 11.6 Å². The molecule has 0 aliphatic rings. The van der Waals surface area contributed by atoms with Gasteiger partial charge in [0.05, 0.1) is 17.3 Å². The van der Waals surface area contributed by atoms with Crippen molar-refractivity contribution in [3.63, 3.8) is 0 Å². The van der Waals surface area contributed by atoms with Gasteiger partial charge < -0.3 is 16.0 Å². The second-order valence-corrected chi connectivity index (χ2v) is 5.83. The Balaban J connectivity index is 2.76. The van der Waals surface area contributed by atoms with E-state index in [-0.39, 0.29) is 23.9 Å². The van der Waals surface area contributed by atoms with Gasteiger partial charge in [-0.15, -0.1) is 0 Å². The van der Waals surface area contributed by atoms with Crippen LogP contribution in [-0.2, 0) is 4.79 Å². The number of amides is 2. The molecule has 1 aromatic rings. The van der Waals surface area contributed by atoms with Gasteiger partial charge in [0.25, 0.3) is 5.91 Å². The quantitative estimate of drug-likeness (QED) is 0.796. The molecule has 1 aromatic carbocycles. The average Bonchev–Trinajstić information content (AvgIpc) is 2.37. The molecule has 2 amide bonds. The maximum Gasteiger partial charge on any atom is 0.251 e. The lowest BCUT2D eigenvalue weighted by Crippen LogP contribution is -2.41. The van der Waals surface area contributed by atoms with Crippen LogP contribution in [0.1, 0.15) is 31.1 Å². The summed E-state index contributed by atoms with van der Waals surface area (Å²) in [6, 6.07) is 4.74. The topological polar surface area (TPSA) is 70.2 Å². The Morgan fingerprint density at radius 3 is 2.45 bits per heavy atom. The molecule has 0 heterocycles. The molecular weight excluding hydrogens is 278 g/mol. The molecule has 5 nitrogen and oxygen atoms in total. The molecule has 3 N–H and O–H groups in total. The molecule has 1 rings (SSSR count). The van der Waals surface area contributed by atoms with Crippen molar-refractivity contribution in [1.29, 1.82) is 0 Å². The van der Waals surface area contributed by atoms with Gasteiger partial charge in [-0.2, -0.15) is 0 Å². The molecule has 0 fully saturated rings. The standard InChI is InChI=1S/C14H20ClN3O2/c1-14(2,3)17-8-12(19)18-11-7-9(13(20)16-4)5-6-10(11)15/h5-7,17H,8H2,1-4H3,(H,16,20)(H,18,19). The van der Waals surface area contributed by atoms with Crippen molar-refractivity contribution in [2.75, 3.05) is 18.9 Å². The minimum absolute atomic E-state index is 0.148. The van der Waals surface area contributed by atoms with Crippen molar-refractivity contribution < 1.29 is 9.59 Å². The van der Waals surface area contributed by atoms with Crippen molar-refractivity contribution in [2.24, 2.45) is 0 Å². The molecule has 0 aliphatic heterocycles. The molecule has 0 bridgehead atoms.